The first-order valence-corrected chi connectivity index (χ1v) is 50.4. The molecule has 8 aromatic carbocycles. The van der Waals surface area contributed by atoms with E-state index < -0.39 is 0 Å². The zero-order valence-corrected chi connectivity index (χ0v) is 90.9. The van der Waals surface area contributed by atoms with Crippen LogP contribution >= 0.6 is 0 Å². The molecule has 0 aliphatic rings. The first-order valence-electron chi connectivity index (χ1n) is 50.4. The van der Waals surface area contributed by atoms with Crippen molar-refractivity contribution in [2.75, 3.05) is 0 Å². The molecule has 0 unspecified atom stereocenters. The maximum absolute atomic E-state index is 5.37. The highest BCUT2D eigenvalue weighted by Gasteiger charge is 2.27. The first kappa shape index (κ1) is 108. The van der Waals surface area contributed by atoms with Crippen LogP contribution in [0.2, 0.25) is 0 Å². The Morgan fingerprint density at radius 1 is 0.191 bits per heavy atom. The van der Waals surface area contributed by atoms with Crippen LogP contribution in [0.3, 0.4) is 0 Å². The third-order valence-electron chi connectivity index (χ3n) is 26.0. The van der Waals surface area contributed by atoms with Gasteiger partial charge in [-0.3, -0.25) is 0 Å². The zero-order chi connectivity index (χ0) is 101. The summed E-state index contributed by atoms with van der Waals surface area (Å²) in [7, 11) is 16.5. The molecule has 136 heavy (non-hydrogen) atoms. The third kappa shape index (κ3) is 25.8. The summed E-state index contributed by atoms with van der Waals surface area (Å²) < 4.78 is 16.9. The van der Waals surface area contributed by atoms with Crippen LogP contribution < -0.4 is 18.3 Å². The summed E-state index contributed by atoms with van der Waals surface area (Å²) in [6.45, 7) is 71.6. The Labute approximate surface area is 821 Å². The average Bonchev–Trinajstić information content (AvgIpc) is 1.46. The molecule has 16 nitrogen and oxygen atoms in total. The zero-order valence-electron chi connectivity index (χ0n) is 90.9. The van der Waals surface area contributed by atoms with E-state index in [1.165, 1.54) is 89.0 Å². The van der Waals surface area contributed by atoms with Crippen LogP contribution in [-0.2, 0) is 56.4 Å². The normalized spacial score (nSPS) is 12.5. The number of nitrogens with zero attached hydrogens (tertiary/aromatic N) is 16. The van der Waals surface area contributed by atoms with Gasteiger partial charge in [0.05, 0.1) is 56.4 Å². The average molecular weight is 1830 g/mol. The molecule has 0 fully saturated rings. The van der Waals surface area contributed by atoms with Gasteiger partial charge in [-0.15, -0.1) is 0 Å². The quantitative estimate of drug-likeness (QED) is 0.0262. The lowest BCUT2D eigenvalue weighted by Crippen LogP contribution is -2.35. The molecule has 4 aromatic heterocycles. The fourth-order valence-corrected chi connectivity index (χ4v) is 18.1. The van der Waals surface area contributed by atoms with Gasteiger partial charge < -0.3 is 41.2 Å². The summed E-state index contributed by atoms with van der Waals surface area (Å²) in [5, 5.41) is 21.5. The van der Waals surface area contributed by atoms with E-state index in [1.807, 2.05) is 0 Å². The molecular formula is C120H168N16. The predicted molar refractivity (Wildman–Crippen MR) is 580 cm³/mol. The Morgan fingerprint density at radius 2 is 0.301 bits per heavy atom. The SMILES string of the molecule is CC(C)c1cccc(C(C)C)c1N=C([N-]c1c(C(C)C)cccc1C(C)C)c1n(C)cc[n+]1C.CC(C)c1cccc(C(C)C)c1N=C([N-]c1c(C(C)C)cccc1C(C)C)c1n(C)cc[n+]1C.CC(C)c1cccc(C(C)C)c1N=C([N-]c1c(C(C)C)cccc1C(C)C)c1n(C)cc[n+]1C.CC(C)c1cccc(C(C)C)c1N=C([N-]c1c(C(C)C)cccc1C(C)C)c1n(C)cc[n+]1C. The summed E-state index contributed by atoms with van der Waals surface area (Å²) >= 11 is 0. The molecule has 0 aliphatic heterocycles. The van der Waals surface area contributed by atoms with Gasteiger partial charge in [0.1, 0.15) is 49.6 Å². The lowest BCUT2D eigenvalue weighted by atomic mass is 9.92. The second-order valence-corrected chi connectivity index (χ2v) is 42.3. The fourth-order valence-electron chi connectivity index (χ4n) is 18.1. The van der Waals surface area contributed by atoms with Crippen LogP contribution in [0.15, 0.2) is 215 Å². The van der Waals surface area contributed by atoms with E-state index in [0.717, 1.165) is 92.1 Å². The van der Waals surface area contributed by atoms with Crippen LogP contribution in [0.5, 0.6) is 0 Å². The number of rotatable bonds is 28. The van der Waals surface area contributed by atoms with Crippen LogP contribution in [0.4, 0.5) is 45.5 Å². The molecule has 0 N–H and O–H groups in total. The van der Waals surface area contributed by atoms with Gasteiger partial charge in [0.15, 0.2) is 0 Å². The van der Waals surface area contributed by atoms with E-state index in [9.17, 15) is 0 Å². The molecule has 728 valence electrons. The number of aryl methyl sites for hydroxylation is 8. The van der Waals surface area contributed by atoms with Crippen molar-refractivity contribution in [2.45, 2.75) is 316 Å². The van der Waals surface area contributed by atoms with Crippen molar-refractivity contribution in [3.63, 3.8) is 0 Å². The first-order chi connectivity index (χ1) is 64.1. The lowest BCUT2D eigenvalue weighted by molar-refractivity contribution is -0.672. The van der Waals surface area contributed by atoms with Crippen LogP contribution in [-0.4, -0.2) is 41.6 Å². The molecule has 0 bridgehead atoms. The van der Waals surface area contributed by atoms with Crippen molar-refractivity contribution in [1.29, 1.82) is 0 Å². The highest BCUT2D eigenvalue weighted by atomic mass is 15.2. The molecule has 0 saturated heterocycles. The summed E-state index contributed by atoms with van der Waals surface area (Å²) in [4.78, 5) is 21.5. The number of amidine groups is 4. The minimum absolute atomic E-state index is 0.370. The monoisotopic (exact) mass is 1830 g/mol. The Balaban J connectivity index is 0.000000203. The van der Waals surface area contributed by atoms with Gasteiger partial charge in [-0.05, 0) is 229 Å². The molecule has 0 radical (unpaired) electrons. The molecule has 0 saturated carbocycles. The lowest BCUT2D eigenvalue weighted by Gasteiger charge is -2.28. The third-order valence-corrected chi connectivity index (χ3v) is 26.0. The van der Waals surface area contributed by atoms with Crippen LogP contribution in [0.25, 0.3) is 21.3 Å². The number of aromatic nitrogens is 8. The highest BCUT2D eigenvalue weighted by Crippen LogP contribution is 2.48. The molecule has 12 rings (SSSR count). The minimum Gasteiger partial charge on any atom is -0.429 e. The Bertz CT molecular complexity index is 5100. The standard InChI is InChI=1S/4C30H42N4/c4*1-19(2)23-13-11-14-24(20(3)4)27(23)31-29(30-33(9)17-18-34(30)10)32-28-25(21(5)6)15-12-16-26(28)22(7)8/h4*11-22H,1-10H3. The van der Waals surface area contributed by atoms with Gasteiger partial charge >= 0.3 is 0 Å². The summed E-state index contributed by atoms with van der Waals surface area (Å²) in [6, 6.07) is 52.6. The summed E-state index contributed by atoms with van der Waals surface area (Å²) in [5.41, 5.74) is 28.6. The molecule has 0 aliphatic carbocycles. The summed E-state index contributed by atoms with van der Waals surface area (Å²) in [6.07, 6.45) is 16.5. The molecule has 16 heteroatoms. The van der Waals surface area contributed by atoms with E-state index in [2.05, 4.69) is 510 Å². The van der Waals surface area contributed by atoms with Gasteiger partial charge in [0.2, 0.25) is 0 Å². The molecule has 0 amide bonds. The number of para-hydroxylation sites is 8. The van der Waals surface area contributed by atoms with Crippen LogP contribution in [0, 0.1) is 0 Å². The second kappa shape index (κ2) is 48.0. The maximum atomic E-state index is 5.37. The van der Waals surface area contributed by atoms with Crippen molar-refractivity contribution in [3.05, 3.63) is 329 Å². The molecule has 0 spiro atoms. The second-order valence-electron chi connectivity index (χ2n) is 42.3. The van der Waals surface area contributed by atoms with Crippen molar-refractivity contribution >= 4 is 68.8 Å². The molecular weight excluding hydrogens is 1670 g/mol. The molecule has 4 heterocycles. The van der Waals surface area contributed by atoms with Crippen molar-refractivity contribution < 1.29 is 18.3 Å². The van der Waals surface area contributed by atoms with Gasteiger partial charge in [-0.2, -0.15) is 0 Å². The maximum Gasteiger partial charge on any atom is 0.280 e. The van der Waals surface area contributed by atoms with Gasteiger partial charge in [-0.25, -0.2) is 36.5 Å². The molecule has 0 atom stereocenters. The Kier molecular flexibility index (Phi) is 38.2. The van der Waals surface area contributed by atoms with E-state index in [4.69, 9.17) is 41.2 Å². The topological polar surface area (TPSA) is 141 Å². The molecule has 12 aromatic rings. The largest absolute Gasteiger partial charge is 0.429 e. The number of hydrogen-bond donors (Lipinski definition) is 0. The number of hydrogen-bond acceptors (Lipinski definition) is 4. The Morgan fingerprint density at radius 3 is 0.397 bits per heavy atom. The number of benzene rings is 8. The predicted octanol–water partition coefficient (Wildman–Crippen LogP) is 32.5. The van der Waals surface area contributed by atoms with Gasteiger partial charge in [0, 0.05) is 23.3 Å². The van der Waals surface area contributed by atoms with Crippen molar-refractivity contribution in [2.24, 2.45) is 76.4 Å². The van der Waals surface area contributed by atoms with Crippen LogP contribution in [0.1, 0.15) is 429 Å². The fraction of sp³-hybridized carbons (Fsp3) is 0.467. The number of imidazole rings is 4. The van der Waals surface area contributed by atoms with Crippen molar-refractivity contribution in [3.8, 4) is 0 Å². The number of aliphatic imine (C=N–C) groups is 4. The van der Waals surface area contributed by atoms with E-state index in [-0.39, 0.29) is 0 Å². The van der Waals surface area contributed by atoms with E-state index in [0.29, 0.717) is 94.7 Å². The summed E-state index contributed by atoms with van der Waals surface area (Å²) in [5.74, 6) is 12.9. The van der Waals surface area contributed by atoms with Gasteiger partial charge in [0.25, 0.3) is 23.3 Å². The smallest absolute Gasteiger partial charge is 0.280 e. The Hall–Kier alpha value is -11.5. The van der Waals surface area contributed by atoms with E-state index in [1.54, 1.807) is 0 Å². The van der Waals surface area contributed by atoms with E-state index >= 15 is 0 Å². The van der Waals surface area contributed by atoms with Gasteiger partial charge in [-0.1, -0.05) is 367 Å². The highest BCUT2D eigenvalue weighted by molar-refractivity contribution is 6.15. The van der Waals surface area contributed by atoms with Crippen molar-refractivity contribution in [1.82, 2.24) is 18.3 Å². The minimum atomic E-state index is 0.370.